The summed E-state index contributed by atoms with van der Waals surface area (Å²) in [5, 5.41) is 0. The average molecular weight is 375 g/mol. The molecule has 81 valence electrons. The van der Waals surface area contributed by atoms with Crippen LogP contribution < -0.4 is 0 Å². The van der Waals surface area contributed by atoms with Crippen LogP contribution in [0.5, 0.6) is 0 Å². The summed E-state index contributed by atoms with van der Waals surface area (Å²) in [7, 11) is 0. The summed E-state index contributed by atoms with van der Waals surface area (Å²) in [6, 6.07) is 15.1. The van der Waals surface area contributed by atoms with E-state index in [2.05, 4.69) is 24.0 Å². The molecular weight excluding hydrogens is 362 g/mol. The van der Waals surface area contributed by atoms with Crippen LogP contribution >= 0.6 is 0 Å². The molecule has 0 N–H and O–H groups in total. The van der Waals surface area contributed by atoms with Crippen molar-refractivity contribution in [1.82, 2.24) is 4.98 Å². The second-order valence-corrected chi connectivity index (χ2v) is 2.99. The van der Waals surface area contributed by atoms with Crippen LogP contribution in [0.15, 0.2) is 42.6 Å². The van der Waals surface area contributed by atoms with Gasteiger partial charge in [0.15, 0.2) is 0 Å². The maximum Gasteiger partial charge on any atom is 0.0163 e. The van der Waals surface area contributed by atoms with E-state index >= 15 is 0 Å². The van der Waals surface area contributed by atoms with Gasteiger partial charge in [-0.3, -0.25) is 0 Å². The van der Waals surface area contributed by atoms with Gasteiger partial charge in [-0.25, -0.2) is 0 Å². The van der Waals surface area contributed by atoms with Crippen molar-refractivity contribution in [2.45, 2.75) is 6.92 Å². The van der Waals surface area contributed by atoms with Crippen LogP contribution in [0.3, 0.4) is 0 Å². The van der Waals surface area contributed by atoms with Gasteiger partial charge < -0.3 is 12.4 Å². The minimum atomic E-state index is 0. The number of nitrogens with zero attached hydrogens (tertiary/aromatic N) is 1. The van der Waals surface area contributed by atoms with E-state index in [0.717, 1.165) is 11.3 Å². The number of aromatic nitrogens is 1. The van der Waals surface area contributed by atoms with Gasteiger partial charge in [0.2, 0.25) is 0 Å². The van der Waals surface area contributed by atoms with E-state index in [1.807, 2.05) is 36.5 Å². The monoisotopic (exact) mass is 376 g/mol. The number of rotatable bonds is 1. The SMILES string of the molecule is Cc1ccnc(-c2[c-]cccc2)c1.[CH3-].[Ir]. The van der Waals surface area contributed by atoms with Gasteiger partial charge in [0.25, 0.3) is 0 Å². The molecule has 15 heavy (non-hydrogen) atoms. The van der Waals surface area contributed by atoms with Gasteiger partial charge in [-0.2, -0.15) is 0 Å². The Bertz CT molecular complexity index is 398. The van der Waals surface area contributed by atoms with Gasteiger partial charge >= 0.3 is 0 Å². The van der Waals surface area contributed by atoms with Crippen molar-refractivity contribution in [3.05, 3.63) is 61.7 Å². The summed E-state index contributed by atoms with van der Waals surface area (Å²) < 4.78 is 0. The maximum atomic E-state index is 4.28. The number of aryl methyl sites for hydroxylation is 1. The number of benzene rings is 1. The molecule has 0 aliphatic heterocycles. The van der Waals surface area contributed by atoms with Gasteiger partial charge in [-0.15, -0.1) is 35.9 Å². The van der Waals surface area contributed by atoms with E-state index in [9.17, 15) is 0 Å². The largest absolute Gasteiger partial charge is 0.358 e. The molecule has 1 nitrogen and oxygen atoms in total. The molecule has 2 heteroatoms. The summed E-state index contributed by atoms with van der Waals surface area (Å²) in [6.45, 7) is 2.06. The molecule has 0 aliphatic carbocycles. The average Bonchev–Trinajstić information content (AvgIpc) is 2.19. The molecule has 2 rings (SSSR count). The fraction of sp³-hybridized carbons (Fsp3) is 0.0769. The van der Waals surface area contributed by atoms with Crippen LogP contribution in [0.1, 0.15) is 5.56 Å². The van der Waals surface area contributed by atoms with Crippen LogP contribution in [0.2, 0.25) is 0 Å². The molecule has 0 bridgehead atoms. The van der Waals surface area contributed by atoms with Crippen molar-refractivity contribution in [1.29, 1.82) is 0 Å². The number of hydrogen-bond donors (Lipinski definition) is 0. The summed E-state index contributed by atoms with van der Waals surface area (Å²) >= 11 is 0. The fourth-order valence-electron chi connectivity index (χ4n) is 1.24. The first-order valence-electron chi connectivity index (χ1n) is 4.26. The summed E-state index contributed by atoms with van der Waals surface area (Å²) in [5.41, 5.74) is 3.26. The van der Waals surface area contributed by atoms with Crippen LogP contribution in [-0.2, 0) is 20.1 Å². The molecule has 0 fully saturated rings. The topological polar surface area (TPSA) is 12.9 Å². The van der Waals surface area contributed by atoms with E-state index in [1.54, 1.807) is 0 Å². The molecule has 1 aromatic carbocycles. The van der Waals surface area contributed by atoms with Crippen molar-refractivity contribution in [2.24, 2.45) is 0 Å². The molecule has 0 aliphatic rings. The quantitative estimate of drug-likeness (QED) is 0.697. The van der Waals surface area contributed by atoms with Crippen molar-refractivity contribution in [3.63, 3.8) is 0 Å². The number of hydrogen-bond acceptors (Lipinski definition) is 1. The zero-order valence-corrected chi connectivity index (χ0v) is 11.2. The smallest absolute Gasteiger partial charge is 0.0163 e. The van der Waals surface area contributed by atoms with Crippen LogP contribution in [0, 0.1) is 20.4 Å². The molecule has 0 saturated heterocycles. The Morgan fingerprint density at radius 3 is 2.60 bits per heavy atom. The van der Waals surface area contributed by atoms with E-state index in [0.29, 0.717) is 0 Å². The minimum Gasteiger partial charge on any atom is -0.358 e. The zero-order valence-electron chi connectivity index (χ0n) is 8.82. The summed E-state index contributed by atoms with van der Waals surface area (Å²) in [5.74, 6) is 0. The van der Waals surface area contributed by atoms with Crippen molar-refractivity contribution in [3.8, 4) is 11.3 Å². The van der Waals surface area contributed by atoms with Crippen molar-refractivity contribution < 1.29 is 20.1 Å². The van der Waals surface area contributed by atoms with E-state index in [4.69, 9.17) is 0 Å². The Hall–Kier alpha value is -0.981. The minimum absolute atomic E-state index is 0. The van der Waals surface area contributed by atoms with Crippen LogP contribution in [0.4, 0.5) is 0 Å². The normalized spacial score (nSPS) is 8.60. The first-order valence-corrected chi connectivity index (χ1v) is 4.26. The van der Waals surface area contributed by atoms with Crippen LogP contribution in [-0.4, -0.2) is 4.98 Å². The second-order valence-electron chi connectivity index (χ2n) is 2.99. The maximum absolute atomic E-state index is 4.28. The Morgan fingerprint density at radius 2 is 2.00 bits per heavy atom. The predicted molar refractivity (Wildman–Crippen MR) is 59.7 cm³/mol. The molecular formula is C13H13IrN-2. The van der Waals surface area contributed by atoms with E-state index in [1.165, 1.54) is 5.56 Å². The predicted octanol–water partition coefficient (Wildman–Crippen LogP) is 3.31. The Labute approximate surface area is 105 Å². The van der Waals surface area contributed by atoms with Gasteiger partial charge in [0.05, 0.1) is 0 Å². The van der Waals surface area contributed by atoms with Crippen LogP contribution in [0.25, 0.3) is 11.3 Å². The molecule has 0 spiro atoms. The van der Waals surface area contributed by atoms with Gasteiger partial charge in [0.1, 0.15) is 0 Å². The number of pyridine rings is 1. The standard InChI is InChI=1S/C12H10N.CH3.Ir/c1-10-7-8-13-12(9-10)11-5-3-2-4-6-11;;/h2-5,7-9H,1H3;1H3;/q2*-1;. The van der Waals surface area contributed by atoms with Gasteiger partial charge in [-0.05, 0) is 18.7 Å². The molecule has 0 amide bonds. The Kier molecular flexibility index (Phi) is 6.07. The van der Waals surface area contributed by atoms with Crippen molar-refractivity contribution in [2.75, 3.05) is 0 Å². The molecule has 2 aromatic rings. The van der Waals surface area contributed by atoms with Gasteiger partial charge in [-0.1, -0.05) is 11.6 Å². The van der Waals surface area contributed by atoms with Crippen molar-refractivity contribution >= 4 is 0 Å². The zero-order chi connectivity index (χ0) is 9.10. The molecule has 0 unspecified atom stereocenters. The molecule has 1 heterocycles. The third kappa shape index (κ3) is 3.58. The third-order valence-electron chi connectivity index (χ3n) is 1.90. The molecule has 0 atom stereocenters. The van der Waals surface area contributed by atoms with E-state index < -0.39 is 0 Å². The summed E-state index contributed by atoms with van der Waals surface area (Å²) in [4.78, 5) is 4.28. The second kappa shape index (κ2) is 6.49. The van der Waals surface area contributed by atoms with E-state index in [-0.39, 0.29) is 27.5 Å². The Balaban J connectivity index is 0.000000980. The molecule has 1 aromatic heterocycles. The van der Waals surface area contributed by atoms with Gasteiger partial charge in [0, 0.05) is 26.3 Å². The molecule has 0 saturated carbocycles. The first-order chi connectivity index (χ1) is 6.36. The molecule has 1 radical (unpaired) electrons. The Morgan fingerprint density at radius 1 is 1.20 bits per heavy atom. The first kappa shape index (κ1) is 14.0. The third-order valence-corrected chi connectivity index (χ3v) is 1.90. The fourth-order valence-corrected chi connectivity index (χ4v) is 1.24. The summed E-state index contributed by atoms with van der Waals surface area (Å²) in [6.07, 6.45) is 1.82.